The Morgan fingerprint density at radius 3 is 2.62 bits per heavy atom. The number of halogens is 1. The molecule has 1 aliphatic rings. The Labute approximate surface area is 151 Å². The third kappa shape index (κ3) is 3.50. The SMILES string of the molecule is COc1ccc(S(=O)(=O)N2CCCC2Cc2ccccc2)cc1Br. The molecule has 1 fully saturated rings. The van der Waals surface area contributed by atoms with Crippen molar-refractivity contribution in [2.24, 2.45) is 0 Å². The van der Waals surface area contributed by atoms with E-state index in [1.54, 1.807) is 29.6 Å². The van der Waals surface area contributed by atoms with Crippen molar-refractivity contribution in [1.82, 2.24) is 4.31 Å². The first-order valence-corrected chi connectivity index (χ1v) is 10.1. The first kappa shape index (κ1) is 17.5. The van der Waals surface area contributed by atoms with E-state index in [0.717, 1.165) is 19.3 Å². The van der Waals surface area contributed by atoms with E-state index in [4.69, 9.17) is 4.74 Å². The number of nitrogens with zero attached hydrogens (tertiary/aromatic N) is 1. The maximum absolute atomic E-state index is 13.1. The van der Waals surface area contributed by atoms with Gasteiger partial charge in [0.25, 0.3) is 0 Å². The molecule has 128 valence electrons. The number of hydrogen-bond acceptors (Lipinski definition) is 3. The number of sulfonamides is 1. The summed E-state index contributed by atoms with van der Waals surface area (Å²) in [6.07, 6.45) is 2.54. The van der Waals surface area contributed by atoms with E-state index in [1.165, 1.54) is 5.56 Å². The first-order valence-electron chi connectivity index (χ1n) is 7.91. The van der Waals surface area contributed by atoms with Crippen LogP contribution in [0.4, 0.5) is 0 Å². The van der Waals surface area contributed by atoms with Crippen molar-refractivity contribution < 1.29 is 13.2 Å². The lowest BCUT2D eigenvalue weighted by Gasteiger charge is -2.24. The molecule has 0 saturated carbocycles. The molecule has 0 N–H and O–H groups in total. The topological polar surface area (TPSA) is 46.6 Å². The van der Waals surface area contributed by atoms with Crippen LogP contribution in [0.2, 0.25) is 0 Å². The molecule has 1 heterocycles. The van der Waals surface area contributed by atoms with Gasteiger partial charge in [-0.1, -0.05) is 30.3 Å². The second kappa shape index (κ2) is 7.25. The lowest BCUT2D eigenvalue weighted by atomic mass is 10.1. The van der Waals surface area contributed by atoms with Gasteiger partial charge in [0.05, 0.1) is 16.5 Å². The van der Waals surface area contributed by atoms with E-state index >= 15 is 0 Å². The molecular weight excluding hydrogens is 390 g/mol. The predicted octanol–water partition coefficient (Wildman–Crippen LogP) is 3.85. The van der Waals surface area contributed by atoms with Gasteiger partial charge < -0.3 is 4.74 Å². The zero-order valence-electron chi connectivity index (χ0n) is 13.5. The van der Waals surface area contributed by atoms with E-state index in [9.17, 15) is 8.42 Å². The van der Waals surface area contributed by atoms with Crippen LogP contribution in [0.3, 0.4) is 0 Å². The normalized spacial score (nSPS) is 18.7. The fourth-order valence-corrected chi connectivity index (χ4v) is 5.57. The Kier molecular flexibility index (Phi) is 5.27. The van der Waals surface area contributed by atoms with Crippen molar-refractivity contribution >= 4 is 26.0 Å². The largest absolute Gasteiger partial charge is 0.496 e. The number of hydrogen-bond donors (Lipinski definition) is 0. The maximum atomic E-state index is 13.1. The summed E-state index contributed by atoms with van der Waals surface area (Å²) < 4.78 is 33.6. The molecule has 0 spiro atoms. The van der Waals surface area contributed by atoms with Crippen LogP contribution >= 0.6 is 15.9 Å². The van der Waals surface area contributed by atoms with Crippen LogP contribution in [0.5, 0.6) is 5.75 Å². The molecule has 6 heteroatoms. The van der Waals surface area contributed by atoms with Crippen molar-refractivity contribution in [2.45, 2.75) is 30.2 Å². The molecule has 0 aliphatic carbocycles. The van der Waals surface area contributed by atoms with E-state index < -0.39 is 10.0 Å². The van der Waals surface area contributed by atoms with Crippen LogP contribution in [0.25, 0.3) is 0 Å². The summed E-state index contributed by atoms with van der Waals surface area (Å²) >= 11 is 3.37. The Bertz CT molecular complexity index is 808. The highest BCUT2D eigenvalue weighted by Crippen LogP contribution is 2.32. The van der Waals surface area contributed by atoms with Gasteiger partial charge in [-0.2, -0.15) is 4.31 Å². The molecule has 0 amide bonds. The number of benzene rings is 2. The minimum absolute atomic E-state index is 0.0123. The highest BCUT2D eigenvalue weighted by Gasteiger charge is 2.35. The third-order valence-corrected chi connectivity index (χ3v) is 6.93. The Balaban J connectivity index is 1.86. The molecular formula is C18H20BrNO3S. The standard InChI is InChI=1S/C18H20BrNO3S/c1-23-18-10-9-16(13-17(18)19)24(21,22)20-11-5-8-15(20)12-14-6-3-2-4-7-14/h2-4,6-7,9-10,13,15H,5,8,11-12H2,1H3. The van der Waals surface area contributed by atoms with Gasteiger partial charge in [-0.3, -0.25) is 0 Å². The van der Waals surface area contributed by atoms with Crippen LogP contribution in [0.15, 0.2) is 57.9 Å². The van der Waals surface area contributed by atoms with Crippen molar-refractivity contribution in [3.8, 4) is 5.75 Å². The predicted molar refractivity (Wildman–Crippen MR) is 97.8 cm³/mol. The van der Waals surface area contributed by atoms with E-state index in [2.05, 4.69) is 15.9 Å². The van der Waals surface area contributed by atoms with Gasteiger partial charge in [-0.15, -0.1) is 0 Å². The van der Waals surface area contributed by atoms with Crippen LogP contribution < -0.4 is 4.74 Å². The summed E-state index contributed by atoms with van der Waals surface area (Å²) in [6, 6.07) is 15.0. The minimum atomic E-state index is -3.51. The zero-order chi connectivity index (χ0) is 17.2. The van der Waals surface area contributed by atoms with Crippen molar-refractivity contribution in [1.29, 1.82) is 0 Å². The Hall–Kier alpha value is -1.37. The van der Waals surface area contributed by atoms with Crippen LogP contribution in [-0.2, 0) is 16.4 Å². The van der Waals surface area contributed by atoms with E-state index in [1.807, 2.05) is 30.3 Å². The minimum Gasteiger partial charge on any atom is -0.496 e. The molecule has 1 unspecified atom stereocenters. The molecule has 1 aliphatic heterocycles. The highest BCUT2D eigenvalue weighted by atomic mass is 79.9. The molecule has 1 saturated heterocycles. The average Bonchev–Trinajstić information content (AvgIpc) is 3.04. The quantitative estimate of drug-likeness (QED) is 0.752. The average molecular weight is 410 g/mol. The molecule has 0 aromatic heterocycles. The van der Waals surface area contributed by atoms with Gasteiger partial charge in [0.2, 0.25) is 10.0 Å². The molecule has 4 nitrogen and oxygen atoms in total. The second-order valence-electron chi connectivity index (χ2n) is 5.90. The van der Waals surface area contributed by atoms with E-state index in [0.29, 0.717) is 21.7 Å². The molecule has 1 atom stereocenters. The van der Waals surface area contributed by atoms with Gasteiger partial charge in [-0.25, -0.2) is 8.42 Å². The summed E-state index contributed by atoms with van der Waals surface area (Å²) in [4.78, 5) is 0.301. The summed E-state index contributed by atoms with van der Waals surface area (Å²) in [5.74, 6) is 0.621. The fourth-order valence-electron chi connectivity index (χ4n) is 3.16. The molecule has 2 aromatic rings. The third-order valence-electron chi connectivity index (χ3n) is 4.37. The Morgan fingerprint density at radius 2 is 1.96 bits per heavy atom. The first-order chi connectivity index (χ1) is 11.5. The van der Waals surface area contributed by atoms with Crippen molar-refractivity contribution in [3.63, 3.8) is 0 Å². The number of ether oxygens (including phenoxy) is 1. The summed E-state index contributed by atoms with van der Waals surface area (Å²) in [5, 5.41) is 0. The Morgan fingerprint density at radius 1 is 1.21 bits per heavy atom. The monoisotopic (exact) mass is 409 g/mol. The van der Waals surface area contributed by atoms with Crippen LogP contribution in [0.1, 0.15) is 18.4 Å². The number of rotatable bonds is 5. The molecule has 0 bridgehead atoms. The molecule has 0 radical (unpaired) electrons. The fraction of sp³-hybridized carbons (Fsp3) is 0.333. The number of methoxy groups -OCH3 is 1. The second-order valence-corrected chi connectivity index (χ2v) is 8.64. The van der Waals surface area contributed by atoms with Crippen molar-refractivity contribution in [3.05, 3.63) is 58.6 Å². The highest BCUT2D eigenvalue weighted by molar-refractivity contribution is 9.10. The lowest BCUT2D eigenvalue weighted by Crippen LogP contribution is -2.36. The van der Waals surface area contributed by atoms with Gasteiger partial charge in [-0.05, 0) is 59.0 Å². The summed E-state index contributed by atoms with van der Waals surface area (Å²) in [5.41, 5.74) is 1.17. The van der Waals surface area contributed by atoms with Gasteiger partial charge in [0.15, 0.2) is 0 Å². The van der Waals surface area contributed by atoms with Gasteiger partial charge in [0, 0.05) is 12.6 Å². The van der Waals surface area contributed by atoms with Gasteiger partial charge in [0.1, 0.15) is 5.75 Å². The van der Waals surface area contributed by atoms with Crippen molar-refractivity contribution in [2.75, 3.05) is 13.7 Å². The van der Waals surface area contributed by atoms with Gasteiger partial charge >= 0.3 is 0 Å². The molecule has 24 heavy (non-hydrogen) atoms. The maximum Gasteiger partial charge on any atom is 0.243 e. The van der Waals surface area contributed by atoms with E-state index in [-0.39, 0.29) is 6.04 Å². The zero-order valence-corrected chi connectivity index (χ0v) is 15.9. The summed E-state index contributed by atoms with van der Waals surface area (Å²) in [6.45, 7) is 0.573. The smallest absolute Gasteiger partial charge is 0.243 e. The molecule has 2 aromatic carbocycles. The molecule has 3 rings (SSSR count). The van der Waals surface area contributed by atoms with Crippen LogP contribution in [0, 0.1) is 0 Å². The lowest BCUT2D eigenvalue weighted by molar-refractivity contribution is 0.385. The summed E-state index contributed by atoms with van der Waals surface area (Å²) in [7, 11) is -1.95. The van der Waals surface area contributed by atoms with Crippen LogP contribution in [-0.4, -0.2) is 32.4 Å².